The molecule has 0 fully saturated rings. The Balaban J connectivity index is 0. The molecular formula is C24H50O7. The van der Waals surface area contributed by atoms with E-state index in [2.05, 4.69) is 6.92 Å². The molecule has 31 heavy (non-hydrogen) atoms. The van der Waals surface area contributed by atoms with Gasteiger partial charge < -0.3 is 35.4 Å². The van der Waals surface area contributed by atoms with Crippen molar-refractivity contribution in [1.29, 1.82) is 0 Å². The summed E-state index contributed by atoms with van der Waals surface area (Å²) in [6.07, 6.45) is 15.3. The van der Waals surface area contributed by atoms with Crippen molar-refractivity contribution in [2.75, 3.05) is 13.2 Å². The highest BCUT2D eigenvalue weighted by Crippen LogP contribution is 2.13. The summed E-state index contributed by atoms with van der Waals surface area (Å²) in [5.74, 6) is 0. The Labute approximate surface area is 189 Å². The van der Waals surface area contributed by atoms with Crippen molar-refractivity contribution >= 4 is 6.29 Å². The lowest BCUT2D eigenvalue weighted by atomic mass is 10.0. The van der Waals surface area contributed by atoms with Crippen molar-refractivity contribution in [3.63, 3.8) is 0 Å². The molecule has 0 amide bonds. The minimum absolute atomic E-state index is 0.0258. The van der Waals surface area contributed by atoms with Crippen LogP contribution in [0.25, 0.3) is 0 Å². The highest BCUT2D eigenvalue weighted by Gasteiger charge is 2.29. The first-order valence-electron chi connectivity index (χ1n) is 12.3. The van der Waals surface area contributed by atoms with Gasteiger partial charge in [-0.05, 0) is 6.42 Å². The number of rotatable bonds is 21. The fourth-order valence-electron chi connectivity index (χ4n) is 3.28. The van der Waals surface area contributed by atoms with Gasteiger partial charge in [0.1, 0.15) is 24.4 Å². The quantitative estimate of drug-likeness (QED) is 0.117. The van der Waals surface area contributed by atoms with Crippen LogP contribution in [-0.4, -0.2) is 74.6 Å². The van der Waals surface area contributed by atoms with Gasteiger partial charge in [-0.1, -0.05) is 103 Å². The van der Waals surface area contributed by atoms with E-state index in [0.717, 1.165) is 6.42 Å². The number of aliphatic hydroxyl groups is 6. The average molecular weight is 451 g/mol. The van der Waals surface area contributed by atoms with E-state index in [9.17, 15) is 4.79 Å². The van der Waals surface area contributed by atoms with Gasteiger partial charge in [-0.25, -0.2) is 0 Å². The third-order valence-corrected chi connectivity index (χ3v) is 5.43. The van der Waals surface area contributed by atoms with Crippen LogP contribution in [0.5, 0.6) is 0 Å². The summed E-state index contributed by atoms with van der Waals surface area (Å²) in [5.41, 5.74) is 0. The first-order chi connectivity index (χ1) is 15.0. The second-order valence-corrected chi connectivity index (χ2v) is 8.38. The largest absolute Gasteiger partial charge is 0.396 e. The molecule has 0 radical (unpaired) electrons. The minimum Gasteiger partial charge on any atom is -0.396 e. The lowest BCUT2D eigenvalue weighted by molar-refractivity contribution is -0.136. The number of hydrogen-bond acceptors (Lipinski definition) is 7. The number of aliphatic hydroxyl groups excluding tert-OH is 6. The zero-order valence-electron chi connectivity index (χ0n) is 19.7. The summed E-state index contributed by atoms with van der Waals surface area (Å²) < 4.78 is 0. The van der Waals surface area contributed by atoms with Crippen LogP contribution in [0.4, 0.5) is 0 Å². The van der Waals surface area contributed by atoms with E-state index in [1.807, 2.05) is 0 Å². The predicted molar refractivity (Wildman–Crippen MR) is 124 cm³/mol. The molecule has 0 heterocycles. The van der Waals surface area contributed by atoms with Crippen LogP contribution in [-0.2, 0) is 4.79 Å². The zero-order valence-corrected chi connectivity index (χ0v) is 19.7. The van der Waals surface area contributed by atoms with Crippen LogP contribution in [0.15, 0.2) is 0 Å². The molecule has 7 heteroatoms. The summed E-state index contributed by atoms with van der Waals surface area (Å²) in [7, 11) is 0. The molecule has 4 atom stereocenters. The van der Waals surface area contributed by atoms with E-state index in [0.29, 0.717) is 6.61 Å². The van der Waals surface area contributed by atoms with Gasteiger partial charge in [0.15, 0.2) is 6.29 Å². The number of hydrogen-bond donors (Lipinski definition) is 6. The third kappa shape index (κ3) is 22.4. The van der Waals surface area contributed by atoms with Crippen LogP contribution in [0.1, 0.15) is 110 Å². The SMILES string of the molecule is CCCCCCCCCCCCCCCCCCO.O=CC(O)C(O)C(O)C(O)CO. The molecule has 0 saturated carbocycles. The number of carbonyl (C=O) groups is 1. The average Bonchev–Trinajstić information content (AvgIpc) is 2.79. The Bertz CT molecular complexity index is 339. The van der Waals surface area contributed by atoms with Crippen molar-refractivity contribution in [3.8, 4) is 0 Å². The molecule has 0 aromatic rings. The molecule has 0 saturated heterocycles. The van der Waals surface area contributed by atoms with E-state index in [-0.39, 0.29) is 6.29 Å². The van der Waals surface area contributed by atoms with Gasteiger partial charge in [0, 0.05) is 6.61 Å². The molecular weight excluding hydrogens is 400 g/mol. The molecule has 4 unspecified atom stereocenters. The lowest BCUT2D eigenvalue weighted by Gasteiger charge is -2.22. The molecule has 6 N–H and O–H groups in total. The van der Waals surface area contributed by atoms with Crippen molar-refractivity contribution < 1.29 is 35.4 Å². The summed E-state index contributed by atoms with van der Waals surface area (Å²) in [5, 5.41) is 52.2. The minimum atomic E-state index is -1.79. The maximum atomic E-state index is 9.90. The molecule has 0 aliphatic heterocycles. The van der Waals surface area contributed by atoms with Gasteiger partial charge >= 0.3 is 0 Å². The predicted octanol–water partition coefficient (Wildman–Crippen LogP) is 2.86. The van der Waals surface area contributed by atoms with Gasteiger partial charge in [0.25, 0.3) is 0 Å². The second-order valence-electron chi connectivity index (χ2n) is 8.38. The highest BCUT2D eigenvalue weighted by atomic mass is 16.4. The fraction of sp³-hybridized carbons (Fsp3) is 0.958. The van der Waals surface area contributed by atoms with Crippen LogP contribution in [0.3, 0.4) is 0 Å². The lowest BCUT2D eigenvalue weighted by Crippen LogP contribution is -2.46. The Morgan fingerprint density at radius 2 is 0.935 bits per heavy atom. The van der Waals surface area contributed by atoms with Gasteiger partial charge in [0.2, 0.25) is 0 Å². The van der Waals surface area contributed by atoms with E-state index in [1.165, 1.54) is 96.3 Å². The van der Waals surface area contributed by atoms with E-state index >= 15 is 0 Å². The molecule has 188 valence electrons. The van der Waals surface area contributed by atoms with Crippen LogP contribution >= 0.6 is 0 Å². The maximum Gasteiger partial charge on any atom is 0.151 e. The van der Waals surface area contributed by atoms with Gasteiger partial charge in [-0.3, -0.25) is 0 Å². The van der Waals surface area contributed by atoms with Crippen molar-refractivity contribution in [2.45, 2.75) is 134 Å². The number of aldehydes is 1. The van der Waals surface area contributed by atoms with Crippen LogP contribution in [0.2, 0.25) is 0 Å². The van der Waals surface area contributed by atoms with E-state index in [4.69, 9.17) is 30.6 Å². The summed E-state index contributed by atoms with van der Waals surface area (Å²) in [6, 6.07) is 0. The molecule has 7 nitrogen and oxygen atoms in total. The highest BCUT2D eigenvalue weighted by molar-refractivity contribution is 5.56. The van der Waals surface area contributed by atoms with Crippen LogP contribution < -0.4 is 0 Å². The first-order valence-corrected chi connectivity index (χ1v) is 12.3. The normalized spacial score (nSPS) is 14.9. The zero-order chi connectivity index (χ0) is 23.7. The van der Waals surface area contributed by atoms with Crippen LogP contribution in [0, 0.1) is 0 Å². The Hall–Kier alpha value is -0.570. The molecule has 0 bridgehead atoms. The first kappa shape index (κ1) is 32.6. The second kappa shape index (κ2) is 25.7. The Morgan fingerprint density at radius 3 is 1.23 bits per heavy atom. The smallest absolute Gasteiger partial charge is 0.151 e. The Kier molecular flexibility index (Phi) is 27.0. The molecule has 0 rings (SSSR count). The molecule has 0 aliphatic rings. The van der Waals surface area contributed by atoms with E-state index in [1.54, 1.807) is 0 Å². The van der Waals surface area contributed by atoms with Gasteiger partial charge in [-0.2, -0.15) is 0 Å². The molecule has 0 aromatic heterocycles. The summed E-state index contributed by atoms with van der Waals surface area (Å²) in [6.45, 7) is 1.90. The van der Waals surface area contributed by atoms with Crippen molar-refractivity contribution in [2.24, 2.45) is 0 Å². The fourth-order valence-corrected chi connectivity index (χ4v) is 3.28. The monoisotopic (exact) mass is 450 g/mol. The van der Waals surface area contributed by atoms with Gasteiger partial charge in [-0.15, -0.1) is 0 Å². The summed E-state index contributed by atoms with van der Waals surface area (Å²) >= 11 is 0. The van der Waals surface area contributed by atoms with Gasteiger partial charge in [0.05, 0.1) is 6.61 Å². The number of unbranched alkanes of at least 4 members (excludes halogenated alkanes) is 15. The van der Waals surface area contributed by atoms with Crippen molar-refractivity contribution in [3.05, 3.63) is 0 Å². The molecule has 0 aliphatic carbocycles. The number of carbonyl (C=O) groups excluding carboxylic acids is 1. The van der Waals surface area contributed by atoms with E-state index < -0.39 is 31.0 Å². The summed E-state index contributed by atoms with van der Waals surface area (Å²) in [4.78, 5) is 9.90. The standard InChI is InChI=1S/C18H38O.C6H12O6/c1-2-3-4-5-6-7-8-9-10-11-12-13-14-15-16-17-18-19;7-1-3(9)5(11)6(12)4(10)2-8/h19H,2-18H2,1H3;1,3-6,8-12H,2H2. The Morgan fingerprint density at radius 1 is 0.581 bits per heavy atom. The third-order valence-electron chi connectivity index (χ3n) is 5.43. The topological polar surface area (TPSA) is 138 Å². The molecule has 0 aromatic carbocycles. The van der Waals surface area contributed by atoms with Crippen molar-refractivity contribution in [1.82, 2.24) is 0 Å². The maximum absolute atomic E-state index is 9.90. The molecule has 0 spiro atoms.